The summed E-state index contributed by atoms with van der Waals surface area (Å²) in [5, 5.41) is 7.48. The van der Waals surface area contributed by atoms with Crippen molar-refractivity contribution in [2.75, 3.05) is 11.9 Å². The standard InChI is InChI=1S/C21H27ClF2N4O3/c1-5-28-18(16(22)17(27-28)19(29)30-6-2)13-11-25-15(9-14(13)31-20(23)24)26-21(3,4)10-12-7-8-12/h9,11-12,20H,5-8,10H2,1-4H3,(H,25,26). The summed E-state index contributed by atoms with van der Waals surface area (Å²) in [7, 11) is 0. The van der Waals surface area contributed by atoms with E-state index in [1.165, 1.54) is 29.8 Å². The molecule has 2 aromatic rings. The zero-order valence-corrected chi connectivity index (χ0v) is 18.8. The van der Waals surface area contributed by atoms with Gasteiger partial charge in [-0.25, -0.2) is 9.78 Å². The predicted molar refractivity (Wildman–Crippen MR) is 114 cm³/mol. The number of aromatic nitrogens is 3. The first-order valence-electron chi connectivity index (χ1n) is 10.3. The smallest absolute Gasteiger partial charge is 0.387 e. The van der Waals surface area contributed by atoms with Gasteiger partial charge in [-0.2, -0.15) is 13.9 Å². The third kappa shape index (κ3) is 5.64. The van der Waals surface area contributed by atoms with Crippen molar-refractivity contribution in [1.82, 2.24) is 14.8 Å². The molecule has 0 saturated heterocycles. The molecule has 0 atom stereocenters. The van der Waals surface area contributed by atoms with Gasteiger partial charge in [0, 0.05) is 24.3 Å². The van der Waals surface area contributed by atoms with Crippen LogP contribution in [0.3, 0.4) is 0 Å². The Hall–Kier alpha value is -2.42. The average molecular weight is 457 g/mol. The van der Waals surface area contributed by atoms with Gasteiger partial charge in [0.2, 0.25) is 0 Å². The third-order valence-corrected chi connectivity index (χ3v) is 5.32. The van der Waals surface area contributed by atoms with Gasteiger partial charge >= 0.3 is 12.6 Å². The molecule has 0 amide bonds. The number of rotatable bonds is 10. The van der Waals surface area contributed by atoms with Crippen LogP contribution in [-0.4, -0.2) is 39.5 Å². The Morgan fingerprint density at radius 1 is 1.39 bits per heavy atom. The van der Waals surface area contributed by atoms with Crippen molar-refractivity contribution in [3.8, 4) is 17.0 Å². The highest BCUT2D eigenvalue weighted by Gasteiger charge is 2.31. The van der Waals surface area contributed by atoms with E-state index in [4.69, 9.17) is 21.1 Å². The van der Waals surface area contributed by atoms with E-state index in [1.54, 1.807) is 13.8 Å². The van der Waals surface area contributed by atoms with E-state index in [1.807, 2.05) is 13.8 Å². The van der Waals surface area contributed by atoms with Crippen LogP contribution in [0.2, 0.25) is 5.02 Å². The third-order valence-electron chi connectivity index (χ3n) is 4.96. The molecule has 3 rings (SSSR count). The maximum Gasteiger partial charge on any atom is 0.387 e. The lowest BCUT2D eigenvalue weighted by atomic mass is 9.97. The number of hydrogen-bond acceptors (Lipinski definition) is 6. The lowest BCUT2D eigenvalue weighted by Crippen LogP contribution is -2.31. The molecule has 0 aromatic carbocycles. The van der Waals surface area contributed by atoms with E-state index in [0.717, 1.165) is 6.42 Å². The second-order valence-corrected chi connectivity index (χ2v) is 8.53. The molecule has 31 heavy (non-hydrogen) atoms. The number of pyridine rings is 1. The van der Waals surface area contributed by atoms with Crippen LogP contribution in [0, 0.1) is 5.92 Å². The summed E-state index contributed by atoms with van der Waals surface area (Å²) in [6, 6.07) is 1.42. The number of hydrogen-bond donors (Lipinski definition) is 1. The Morgan fingerprint density at radius 2 is 2.10 bits per heavy atom. The van der Waals surface area contributed by atoms with E-state index in [0.29, 0.717) is 18.3 Å². The van der Waals surface area contributed by atoms with E-state index < -0.39 is 12.6 Å². The molecular formula is C21H27ClF2N4O3. The van der Waals surface area contributed by atoms with Crippen molar-refractivity contribution in [2.24, 2.45) is 5.92 Å². The quantitative estimate of drug-likeness (QED) is 0.483. The van der Waals surface area contributed by atoms with Crippen molar-refractivity contribution in [1.29, 1.82) is 0 Å². The van der Waals surface area contributed by atoms with Gasteiger partial charge in [-0.3, -0.25) is 4.68 Å². The second kappa shape index (κ2) is 9.38. The molecule has 1 N–H and O–H groups in total. The minimum Gasteiger partial charge on any atom is -0.461 e. The zero-order chi connectivity index (χ0) is 22.8. The van der Waals surface area contributed by atoms with Crippen LogP contribution < -0.4 is 10.1 Å². The fraction of sp³-hybridized carbons (Fsp3) is 0.571. The molecular weight excluding hydrogens is 430 g/mol. The molecule has 1 fully saturated rings. The number of nitrogens with one attached hydrogen (secondary N) is 1. The molecule has 0 radical (unpaired) electrons. The number of esters is 1. The highest BCUT2D eigenvalue weighted by atomic mass is 35.5. The van der Waals surface area contributed by atoms with Crippen LogP contribution in [-0.2, 0) is 11.3 Å². The van der Waals surface area contributed by atoms with Gasteiger partial charge < -0.3 is 14.8 Å². The summed E-state index contributed by atoms with van der Waals surface area (Å²) < 4.78 is 37.6. The first kappa shape index (κ1) is 23.2. The lowest BCUT2D eigenvalue weighted by Gasteiger charge is -2.27. The first-order chi connectivity index (χ1) is 14.6. The summed E-state index contributed by atoms with van der Waals surface area (Å²) in [5.74, 6) is 0.291. The number of aryl methyl sites for hydroxylation is 1. The monoisotopic (exact) mass is 456 g/mol. The Kier molecular flexibility index (Phi) is 7.03. The molecule has 170 valence electrons. The van der Waals surface area contributed by atoms with Crippen LogP contribution in [0.5, 0.6) is 5.75 Å². The SMILES string of the molecule is CCOC(=O)c1nn(CC)c(-c2cnc(NC(C)(C)CC3CC3)cc2OC(F)F)c1Cl. The predicted octanol–water partition coefficient (Wildman–Crippen LogP) is 5.39. The summed E-state index contributed by atoms with van der Waals surface area (Å²) in [4.78, 5) is 16.6. The molecule has 0 bridgehead atoms. The highest BCUT2D eigenvalue weighted by molar-refractivity contribution is 6.36. The largest absolute Gasteiger partial charge is 0.461 e. The Labute approximate surface area is 185 Å². The van der Waals surface area contributed by atoms with Gasteiger partial charge in [0.15, 0.2) is 5.69 Å². The fourth-order valence-corrected chi connectivity index (χ4v) is 3.89. The first-order valence-corrected chi connectivity index (χ1v) is 10.7. The normalized spacial score (nSPS) is 14.1. The lowest BCUT2D eigenvalue weighted by molar-refractivity contribution is -0.0494. The number of carbonyl (C=O) groups is 1. The van der Waals surface area contributed by atoms with Crippen molar-refractivity contribution < 1.29 is 23.0 Å². The topological polar surface area (TPSA) is 78.3 Å². The van der Waals surface area contributed by atoms with Crippen molar-refractivity contribution >= 4 is 23.4 Å². The molecule has 0 aliphatic heterocycles. The summed E-state index contributed by atoms with van der Waals surface area (Å²) in [5.41, 5.74) is 0.133. The summed E-state index contributed by atoms with van der Waals surface area (Å²) >= 11 is 6.42. The number of ether oxygens (including phenoxy) is 2. The Morgan fingerprint density at radius 3 is 2.68 bits per heavy atom. The van der Waals surface area contributed by atoms with Crippen molar-refractivity contribution in [3.63, 3.8) is 0 Å². The molecule has 2 aromatic heterocycles. The number of nitrogens with zero attached hydrogens (tertiary/aromatic N) is 3. The maximum atomic E-state index is 13.2. The van der Waals surface area contributed by atoms with E-state index >= 15 is 0 Å². The average Bonchev–Trinajstić information content (AvgIpc) is 3.41. The summed E-state index contributed by atoms with van der Waals surface area (Å²) in [6.45, 7) is 5.00. The minimum atomic E-state index is -3.05. The van der Waals surface area contributed by atoms with Gasteiger partial charge in [-0.1, -0.05) is 24.4 Å². The number of anilines is 1. The van der Waals surface area contributed by atoms with Gasteiger partial charge in [-0.05, 0) is 40.0 Å². The molecule has 0 unspecified atom stereocenters. The summed E-state index contributed by atoms with van der Waals surface area (Å²) in [6.07, 6.45) is 4.77. The molecule has 2 heterocycles. The molecule has 0 spiro atoms. The molecule has 7 nitrogen and oxygen atoms in total. The highest BCUT2D eigenvalue weighted by Crippen LogP contribution is 2.40. The van der Waals surface area contributed by atoms with Crippen LogP contribution in [0.25, 0.3) is 11.3 Å². The van der Waals surface area contributed by atoms with Crippen LogP contribution in [0.15, 0.2) is 12.3 Å². The molecule has 1 aliphatic carbocycles. The molecule has 1 aliphatic rings. The number of carbonyl (C=O) groups excluding carboxylic acids is 1. The molecule has 10 heteroatoms. The van der Waals surface area contributed by atoms with Crippen molar-refractivity contribution in [3.05, 3.63) is 23.0 Å². The van der Waals surface area contributed by atoms with Crippen LogP contribution in [0.1, 0.15) is 57.4 Å². The second-order valence-electron chi connectivity index (χ2n) is 8.15. The van der Waals surface area contributed by atoms with Crippen molar-refractivity contribution in [2.45, 2.75) is 65.7 Å². The molecule has 1 saturated carbocycles. The zero-order valence-electron chi connectivity index (χ0n) is 18.0. The van der Waals surface area contributed by atoms with E-state index in [9.17, 15) is 13.6 Å². The minimum absolute atomic E-state index is 0.00371. The van der Waals surface area contributed by atoms with Gasteiger partial charge in [0.1, 0.15) is 16.6 Å². The number of halogens is 3. The fourth-order valence-electron chi connectivity index (χ4n) is 3.57. The van der Waals surface area contributed by atoms with Crippen LogP contribution >= 0.6 is 11.6 Å². The number of alkyl halides is 2. The van der Waals surface area contributed by atoms with Crippen LogP contribution in [0.4, 0.5) is 14.6 Å². The van der Waals surface area contributed by atoms with Gasteiger partial charge in [-0.15, -0.1) is 0 Å². The van der Waals surface area contributed by atoms with Gasteiger partial charge in [0.25, 0.3) is 0 Å². The Balaban J connectivity index is 2.01. The van der Waals surface area contributed by atoms with E-state index in [-0.39, 0.29) is 39.9 Å². The Bertz CT molecular complexity index is 945. The van der Waals surface area contributed by atoms with Gasteiger partial charge in [0.05, 0.1) is 17.9 Å². The maximum absolute atomic E-state index is 13.2. The van der Waals surface area contributed by atoms with E-state index in [2.05, 4.69) is 15.4 Å².